The first-order chi connectivity index (χ1) is 18.7. The predicted molar refractivity (Wildman–Crippen MR) is 120 cm³/mol. The molecular weight excluding hydrogens is 594 g/mol. The van der Waals surface area contributed by atoms with E-state index >= 15 is 0 Å². The highest BCUT2D eigenvalue weighted by Gasteiger charge is 2.51. The number of imidazole rings is 1. The van der Waals surface area contributed by atoms with Gasteiger partial charge in [0.25, 0.3) is 0 Å². The molecule has 0 aromatic carbocycles. The first kappa shape index (κ1) is 31.2. The number of aromatic hydroxyl groups is 1. The van der Waals surface area contributed by atoms with Gasteiger partial charge in [0.15, 0.2) is 23.7 Å². The summed E-state index contributed by atoms with van der Waals surface area (Å²) in [6.45, 7) is -1.98. The van der Waals surface area contributed by atoms with Crippen molar-refractivity contribution in [1.29, 1.82) is 0 Å². The van der Waals surface area contributed by atoms with Crippen LogP contribution in [0.2, 0.25) is 0 Å². The maximum absolute atomic E-state index is 12.3. The van der Waals surface area contributed by atoms with E-state index in [1.165, 1.54) is 0 Å². The molecule has 0 aliphatic carbocycles. The van der Waals surface area contributed by atoms with E-state index in [1.54, 1.807) is 0 Å². The molecule has 21 nitrogen and oxygen atoms in total. The largest absolute Gasteiger partial charge is 0.492 e. The molecule has 40 heavy (non-hydrogen) atoms. The van der Waals surface area contributed by atoms with E-state index < -0.39 is 96.1 Å². The normalized spacial score (nSPS) is 36.8. The van der Waals surface area contributed by atoms with E-state index in [2.05, 4.69) is 28.3 Å². The van der Waals surface area contributed by atoms with Crippen LogP contribution in [0.5, 0.6) is 5.88 Å². The van der Waals surface area contributed by atoms with Gasteiger partial charge in [-0.2, -0.15) is 9.29 Å². The van der Waals surface area contributed by atoms with Crippen molar-refractivity contribution in [2.45, 2.75) is 61.3 Å². The number of phosphoric ester groups is 2. The Balaban J connectivity index is 1.38. The number of ether oxygens (including phenoxy) is 2. The van der Waals surface area contributed by atoms with Crippen LogP contribution in [0, 0.1) is 0 Å². The zero-order valence-electron chi connectivity index (χ0n) is 19.9. The molecular formula is C17H26N4O17P2. The summed E-state index contributed by atoms with van der Waals surface area (Å²) in [5, 5.41) is 79.0. The minimum absolute atomic E-state index is 0.0124. The van der Waals surface area contributed by atoms with Crippen LogP contribution in [0.1, 0.15) is 6.23 Å². The molecule has 10 N–H and O–H groups in total. The molecule has 0 saturated carbocycles. The van der Waals surface area contributed by atoms with Crippen molar-refractivity contribution < 1.29 is 82.6 Å². The second-order valence-corrected chi connectivity index (χ2v) is 11.7. The van der Waals surface area contributed by atoms with Crippen molar-refractivity contribution in [2.75, 3.05) is 13.2 Å². The molecule has 0 radical (unpaired) electrons. The molecule has 226 valence electrons. The number of phosphoric acid groups is 2. The summed E-state index contributed by atoms with van der Waals surface area (Å²) >= 11 is 0. The van der Waals surface area contributed by atoms with Crippen LogP contribution in [0.3, 0.4) is 0 Å². The van der Waals surface area contributed by atoms with Crippen molar-refractivity contribution >= 4 is 26.8 Å². The van der Waals surface area contributed by atoms with Crippen LogP contribution in [0.15, 0.2) is 12.7 Å². The summed E-state index contributed by atoms with van der Waals surface area (Å²) in [5.41, 5.74) is -0.0379. The van der Waals surface area contributed by atoms with E-state index in [0.29, 0.717) is 0 Å². The number of aliphatic hydroxyl groups is 7. The zero-order valence-corrected chi connectivity index (χ0v) is 21.6. The molecule has 0 bridgehead atoms. The molecule has 12 atom stereocenters. The van der Waals surface area contributed by atoms with Gasteiger partial charge in [0, 0.05) is 0 Å². The quantitative estimate of drug-likeness (QED) is 0.112. The van der Waals surface area contributed by atoms with Crippen LogP contribution in [0.25, 0.3) is 11.2 Å². The minimum Gasteiger partial charge on any atom is -0.492 e. The van der Waals surface area contributed by atoms with Crippen molar-refractivity contribution in [1.82, 2.24) is 19.5 Å². The molecule has 2 saturated heterocycles. The maximum atomic E-state index is 12.3. The van der Waals surface area contributed by atoms with E-state index in [0.717, 1.165) is 17.2 Å². The highest BCUT2D eigenvalue weighted by molar-refractivity contribution is 7.61. The number of rotatable bonds is 10. The standard InChI is InChI=1S/C17H26N4O17P2/c22-1-5(23)13-10(26)9(25)12(28)17(36-13)37-40(32,33)38-39(30,31)34-2-6-8(24)11(27)16(35-6)21-4-20-7-14(21)18-3-19-15(7)29/h3-6,8-13,16-17,22-28H,1-2H2,(H,30,31)(H,32,33)(H,18,19,29)/t5-,6-,8+,9+,10+,11?,12?,13?,16-,17+/m1/s1. The maximum Gasteiger partial charge on any atom is 0.483 e. The lowest BCUT2D eigenvalue weighted by molar-refractivity contribution is -0.292. The van der Waals surface area contributed by atoms with E-state index in [4.69, 9.17) is 14.6 Å². The van der Waals surface area contributed by atoms with Gasteiger partial charge < -0.3 is 60.1 Å². The average molecular weight is 620 g/mol. The van der Waals surface area contributed by atoms with Gasteiger partial charge in [0.1, 0.15) is 55.2 Å². The Morgan fingerprint density at radius 3 is 2.33 bits per heavy atom. The smallest absolute Gasteiger partial charge is 0.483 e. The summed E-state index contributed by atoms with van der Waals surface area (Å²) in [6.07, 6.45) is -16.4. The zero-order chi connectivity index (χ0) is 29.6. The molecule has 0 spiro atoms. The summed E-state index contributed by atoms with van der Waals surface area (Å²) in [7, 11) is -11.2. The Kier molecular flexibility index (Phi) is 9.25. The van der Waals surface area contributed by atoms with E-state index in [-0.39, 0.29) is 11.2 Å². The van der Waals surface area contributed by atoms with Gasteiger partial charge in [-0.05, 0) is 0 Å². The van der Waals surface area contributed by atoms with E-state index in [1.807, 2.05) is 0 Å². The molecule has 2 aromatic rings. The topological polar surface area (TPSA) is 326 Å². The fourth-order valence-electron chi connectivity index (χ4n) is 3.98. The second kappa shape index (κ2) is 11.9. The lowest BCUT2D eigenvalue weighted by Gasteiger charge is -2.41. The third-order valence-corrected chi connectivity index (χ3v) is 8.57. The minimum atomic E-state index is -5.67. The SMILES string of the molecule is O=P(O)(OC[C@H]1O[C@@H](n2cnc3c(O)ncnc32)C(O)[C@H]1O)OP(=O)(O)O[C@@H]1OC([C@H](O)CO)[C@@H](O)[C@H](O)C1O. The monoisotopic (exact) mass is 620 g/mol. The van der Waals surface area contributed by atoms with E-state index in [9.17, 15) is 54.7 Å². The van der Waals surface area contributed by atoms with Crippen molar-refractivity contribution in [3.05, 3.63) is 12.7 Å². The number of aromatic nitrogens is 4. The fraction of sp³-hybridized carbons (Fsp3) is 0.706. The van der Waals surface area contributed by atoms with Gasteiger partial charge in [-0.15, -0.1) is 0 Å². The van der Waals surface area contributed by atoms with Crippen molar-refractivity contribution in [2.24, 2.45) is 0 Å². The Morgan fingerprint density at radius 1 is 0.950 bits per heavy atom. The number of hydrogen-bond acceptors (Lipinski definition) is 18. The molecule has 2 aliphatic heterocycles. The molecule has 5 unspecified atom stereocenters. The fourth-order valence-corrected chi connectivity index (χ4v) is 6.14. The molecule has 2 aliphatic rings. The Hall–Kier alpha value is -1.75. The first-order valence-corrected chi connectivity index (χ1v) is 14.2. The molecule has 4 rings (SSSR count). The lowest BCUT2D eigenvalue weighted by atomic mass is 9.96. The predicted octanol–water partition coefficient (Wildman–Crippen LogP) is -4.44. The van der Waals surface area contributed by atoms with Crippen molar-refractivity contribution in [3.8, 4) is 5.88 Å². The van der Waals surface area contributed by atoms with Crippen LogP contribution in [0.4, 0.5) is 0 Å². The Bertz CT molecular complexity index is 1280. The molecule has 2 aromatic heterocycles. The third-order valence-electron chi connectivity index (χ3n) is 5.97. The van der Waals surface area contributed by atoms with Crippen LogP contribution >= 0.6 is 15.6 Å². The second-order valence-electron chi connectivity index (χ2n) is 8.68. The number of nitrogens with zero attached hydrogens (tertiary/aromatic N) is 4. The molecule has 23 heteroatoms. The van der Waals surface area contributed by atoms with Gasteiger partial charge in [-0.3, -0.25) is 13.6 Å². The Labute approximate surface area is 222 Å². The highest BCUT2D eigenvalue weighted by Crippen LogP contribution is 2.61. The first-order valence-electron chi connectivity index (χ1n) is 11.2. The molecule has 4 heterocycles. The van der Waals surface area contributed by atoms with Gasteiger partial charge in [-0.1, -0.05) is 0 Å². The average Bonchev–Trinajstić information content (AvgIpc) is 3.43. The molecule has 2 fully saturated rings. The van der Waals surface area contributed by atoms with Gasteiger partial charge in [0.05, 0.1) is 19.5 Å². The van der Waals surface area contributed by atoms with Crippen molar-refractivity contribution in [3.63, 3.8) is 0 Å². The third kappa shape index (κ3) is 6.35. The number of fused-ring (bicyclic) bond motifs is 1. The summed E-state index contributed by atoms with van der Waals surface area (Å²) in [5.74, 6) is -0.470. The summed E-state index contributed by atoms with van der Waals surface area (Å²) < 4.78 is 49.4. The summed E-state index contributed by atoms with van der Waals surface area (Å²) in [4.78, 5) is 31.2. The van der Waals surface area contributed by atoms with Crippen LogP contribution in [-0.2, 0) is 32.0 Å². The Morgan fingerprint density at radius 2 is 1.65 bits per heavy atom. The highest BCUT2D eigenvalue weighted by atomic mass is 31.3. The lowest BCUT2D eigenvalue weighted by Crippen LogP contribution is -2.61. The van der Waals surface area contributed by atoms with Gasteiger partial charge in [-0.25, -0.2) is 19.1 Å². The van der Waals surface area contributed by atoms with Crippen LogP contribution in [-0.4, -0.2) is 138 Å². The molecule has 0 amide bonds. The van der Waals surface area contributed by atoms with Gasteiger partial charge >= 0.3 is 15.6 Å². The number of aliphatic hydroxyl groups excluding tert-OH is 7. The van der Waals surface area contributed by atoms with Crippen LogP contribution < -0.4 is 0 Å². The summed E-state index contributed by atoms with van der Waals surface area (Å²) in [6, 6.07) is 0. The number of hydrogen-bond donors (Lipinski definition) is 10. The van der Waals surface area contributed by atoms with Gasteiger partial charge in [0.2, 0.25) is 5.88 Å².